The highest BCUT2D eigenvalue weighted by Gasteiger charge is 2.19. The topological polar surface area (TPSA) is 78.9 Å². The average Bonchev–Trinajstić information content (AvgIpc) is 3.43. The van der Waals surface area contributed by atoms with Gasteiger partial charge in [0, 0.05) is 19.3 Å². The normalized spacial score (nSPS) is 12.7. The van der Waals surface area contributed by atoms with Crippen LogP contribution in [-0.2, 0) is 28.6 Å². The van der Waals surface area contributed by atoms with Gasteiger partial charge in [-0.25, -0.2) is 0 Å². The van der Waals surface area contributed by atoms with Crippen LogP contribution in [0.2, 0.25) is 0 Å². The smallest absolute Gasteiger partial charge is 0.306 e. The summed E-state index contributed by atoms with van der Waals surface area (Å²) in [5.41, 5.74) is 0. The van der Waals surface area contributed by atoms with Gasteiger partial charge in [0.1, 0.15) is 13.2 Å². The molecule has 0 aliphatic carbocycles. The molecule has 0 aromatic rings. The lowest BCUT2D eigenvalue weighted by atomic mass is 10.0. The molecule has 6 nitrogen and oxygen atoms in total. The number of allylic oxidation sites excluding steroid dienone is 16. The molecule has 0 aliphatic rings. The van der Waals surface area contributed by atoms with E-state index >= 15 is 0 Å². The average molecular weight is 1070 g/mol. The summed E-state index contributed by atoms with van der Waals surface area (Å²) in [4.78, 5) is 38.3. The van der Waals surface area contributed by atoms with Crippen LogP contribution in [0.4, 0.5) is 0 Å². The van der Waals surface area contributed by atoms with Crippen molar-refractivity contribution in [3.63, 3.8) is 0 Å². The zero-order chi connectivity index (χ0) is 55.7. The van der Waals surface area contributed by atoms with Gasteiger partial charge in [0.15, 0.2) is 6.10 Å². The largest absolute Gasteiger partial charge is 0.462 e. The maximum absolute atomic E-state index is 12.9. The van der Waals surface area contributed by atoms with Gasteiger partial charge < -0.3 is 14.2 Å². The second kappa shape index (κ2) is 64.9. The van der Waals surface area contributed by atoms with Crippen molar-refractivity contribution in [2.75, 3.05) is 13.2 Å². The standard InChI is InChI=1S/C71H122O6/c1-4-7-10-13-16-19-22-25-28-29-30-31-32-33-34-35-36-37-38-39-40-41-44-46-49-52-55-58-61-64-70(73)76-67-68(77-71(74)65-62-59-56-53-50-47-43-27-24-21-18-15-12-9-6-3)66-75-69(72)63-60-57-54-51-48-45-42-26-23-20-17-14-11-8-5-2/h7,10,16,18-19,21,25-28,30-31,33-34,42-43,68H,4-6,8-9,11-15,17,20,22-24,29,32,35-41,44-67H2,1-3H3/b10-7-,19-16-,21-18-,28-25-,31-30-,34-33-,42-26-,43-27-. The first kappa shape index (κ1) is 73.3. The molecule has 0 aromatic heterocycles. The highest BCUT2D eigenvalue weighted by molar-refractivity contribution is 5.71. The van der Waals surface area contributed by atoms with Crippen LogP contribution in [0.25, 0.3) is 0 Å². The summed E-state index contributed by atoms with van der Waals surface area (Å²) in [6, 6.07) is 0. The lowest BCUT2D eigenvalue weighted by Crippen LogP contribution is -2.30. The summed E-state index contributed by atoms with van der Waals surface area (Å²) in [7, 11) is 0. The van der Waals surface area contributed by atoms with Crippen LogP contribution in [0, 0.1) is 0 Å². The molecule has 0 saturated heterocycles. The highest BCUT2D eigenvalue weighted by Crippen LogP contribution is 2.16. The first-order chi connectivity index (χ1) is 38.0. The van der Waals surface area contributed by atoms with Gasteiger partial charge in [0.25, 0.3) is 0 Å². The summed E-state index contributed by atoms with van der Waals surface area (Å²) < 4.78 is 16.9. The molecule has 442 valence electrons. The van der Waals surface area contributed by atoms with Crippen LogP contribution >= 0.6 is 0 Å². The molecule has 1 unspecified atom stereocenters. The van der Waals surface area contributed by atoms with Crippen LogP contribution in [0.15, 0.2) is 97.2 Å². The molecule has 0 aromatic carbocycles. The number of ether oxygens (including phenoxy) is 3. The quantitative estimate of drug-likeness (QED) is 0.0261. The van der Waals surface area contributed by atoms with Crippen molar-refractivity contribution in [1.29, 1.82) is 0 Å². The number of carbonyl (C=O) groups is 3. The van der Waals surface area contributed by atoms with Crippen molar-refractivity contribution in [2.24, 2.45) is 0 Å². The lowest BCUT2D eigenvalue weighted by Gasteiger charge is -2.18. The van der Waals surface area contributed by atoms with Crippen molar-refractivity contribution in [3.8, 4) is 0 Å². The summed E-state index contributed by atoms with van der Waals surface area (Å²) in [6.07, 6.45) is 87.0. The Hall–Kier alpha value is -3.67. The molecule has 0 amide bonds. The first-order valence-corrected chi connectivity index (χ1v) is 32.7. The molecule has 0 spiro atoms. The van der Waals surface area contributed by atoms with Gasteiger partial charge in [0.05, 0.1) is 0 Å². The zero-order valence-corrected chi connectivity index (χ0v) is 50.7. The molecule has 0 saturated carbocycles. The Bertz CT molecular complexity index is 1510. The molecule has 1 atom stereocenters. The fraction of sp³-hybridized carbons (Fsp3) is 0.732. The van der Waals surface area contributed by atoms with E-state index in [-0.39, 0.29) is 31.1 Å². The predicted octanol–water partition coefficient (Wildman–Crippen LogP) is 22.4. The Morgan fingerprint density at radius 2 is 0.506 bits per heavy atom. The minimum Gasteiger partial charge on any atom is -0.462 e. The van der Waals surface area contributed by atoms with Crippen LogP contribution in [0.1, 0.15) is 316 Å². The molecule has 6 heteroatoms. The predicted molar refractivity (Wildman–Crippen MR) is 334 cm³/mol. The molecule has 0 fully saturated rings. The summed E-state index contributed by atoms with van der Waals surface area (Å²) in [6.45, 7) is 6.50. The fourth-order valence-electron chi connectivity index (χ4n) is 9.14. The number of carbonyl (C=O) groups excluding carboxylic acids is 3. The van der Waals surface area contributed by atoms with E-state index < -0.39 is 6.10 Å². The highest BCUT2D eigenvalue weighted by atomic mass is 16.6. The van der Waals surface area contributed by atoms with E-state index in [2.05, 4.69) is 118 Å². The Morgan fingerprint density at radius 1 is 0.273 bits per heavy atom. The fourth-order valence-corrected chi connectivity index (χ4v) is 9.14. The van der Waals surface area contributed by atoms with E-state index in [0.717, 1.165) is 122 Å². The third-order valence-electron chi connectivity index (χ3n) is 14.0. The van der Waals surface area contributed by atoms with Crippen molar-refractivity contribution >= 4 is 17.9 Å². The molecular weight excluding hydrogens is 949 g/mol. The van der Waals surface area contributed by atoms with Crippen molar-refractivity contribution in [2.45, 2.75) is 322 Å². The van der Waals surface area contributed by atoms with Gasteiger partial charge in [-0.1, -0.05) is 272 Å². The maximum atomic E-state index is 12.9. The van der Waals surface area contributed by atoms with Crippen LogP contribution in [0.3, 0.4) is 0 Å². The minimum atomic E-state index is -0.789. The van der Waals surface area contributed by atoms with Crippen molar-refractivity contribution in [3.05, 3.63) is 97.2 Å². The molecule has 0 heterocycles. The van der Waals surface area contributed by atoms with Crippen molar-refractivity contribution in [1.82, 2.24) is 0 Å². The number of rotatable bonds is 59. The second-order valence-corrected chi connectivity index (χ2v) is 21.6. The monoisotopic (exact) mass is 1070 g/mol. The molecular formula is C71H122O6. The van der Waals surface area contributed by atoms with Crippen LogP contribution in [-0.4, -0.2) is 37.2 Å². The Morgan fingerprint density at radius 3 is 0.831 bits per heavy atom. The van der Waals surface area contributed by atoms with E-state index in [4.69, 9.17) is 14.2 Å². The molecule has 0 radical (unpaired) electrons. The van der Waals surface area contributed by atoms with Gasteiger partial charge in [-0.05, 0) is 122 Å². The molecule has 0 N–H and O–H groups in total. The molecule has 0 rings (SSSR count). The van der Waals surface area contributed by atoms with E-state index in [1.54, 1.807) is 0 Å². The Balaban J connectivity index is 4.27. The van der Waals surface area contributed by atoms with Gasteiger partial charge >= 0.3 is 17.9 Å². The number of unbranched alkanes of at least 4 members (excludes halogenated alkanes) is 32. The summed E-state index contributed by atoms with van der Waals surface area (Å²) in [5.74, 6) is -0.898. The Kier molecular flexibility index (Phi) is 61.8. The van der Waals surface area contributed by atoms with Gasteiger partial charge in [0.2, 0.25) is 0 Å². The SMILES string of the molecule is CC/C=C\C/C=C\C/C=C\C/C=C\C/C=C\CCCCCCCCCCCCCCCC(=O)OCC(COC(=O)CCCCCCC/C=C\CCCCCCCC)OC(=O)CCCCCCC/C=C\C/C=C\CCCCC. The third kappa shape index (κ3) is 63.0. The second-order valence-electron chi connectivity index (χ2n) is 21.6. The third-order valence-corrected chi connectivity index (χ3v) is 14.0. The van der Waals surface area contributed by atoms with E-state index in [1.807, 2.05) is 0 Å². The maximum Gasteiger partial charge on any atom is 0.306 e. The Labute approximate surface area is 477 Å². The van der Waals surface area contributed by atoms with E-state index in [1.165, 1.54) is 154 Å². The molecule has 77 heavy (non-hydrogen) atoms. The minimum absolute atomic E-state index is 0.0848. The number of hydrogen-bond donors (Lipinski definition) is 0. The zero-order valence-electron chi connectivity index (χ0n) is 50.7. The van der Waals surface area contributed by atoms with Crippen LogP contribution in [0.5, 0.6) is 0 Å². The number of esters is 3. The van der Waals surface area contributed by atoms with Gasteiger partial charge in [-0.2, -0.15) is 0 Å². The molecule has 0 aliphatic heterocycles. The first-order valence-electron chi connectivity index (χ1n) is 32.7. The summed E-state index contributed by atoms with van der Waals surface area (Å²) >= 11 is 0. The van der Waals surface area contributed by atoms with Gasteiger partial charge in [-0.3, -0.25) is 14.4 Å². The van der Waals surface area contributed by atoms with Crippen LogP contribution < -0.4 is 0 Å². The lowest BCUT2D eigenvalue weighted by molar-refractivity contribution is -0.167. The van der Waals surface area contributed by atoms with E-state index in [0.29, 0.717) is 19.3 Å². The van der Waals surface area contributed by atoms with E-state index in [9.17, 15) is 14.4 Å². The van der Waals surface area contributed by atoms with Gasteiger partial charge in [-0.15, -0.1) is 0 Å². The number of hydrogen-bond acceptors (Lipinski definition) is 6. The summed E-state index contributed by atoms with van der Waals surface area (Å²) in [5, 5.41) is 0. The molecule has 0 bridgehead atoms. The van der Waals surface area contributed by atoms with Crippen molar-refractivity contribution < 1.29 is 28.6 Å².